The van der Waals surface area contributed by atoms with Crippen LogP contribution >= 0.6 is 0 Å². The van der Waals surface area contributed by atoms with E-state index >= 15 is 0 Å². The maximum absolute atomic E-state index is 12.8. The summed E-state index contributed by atoms with van der Waals surface area (Å²) in [6.07, 6.45) is -4.46. The fourth-order valence-electron chi connectivity index (χ4n) is 1.54. The molecule has 6 heteroatoms. The molecular weight excluding hydrogens is 245 g/mol. The number of amides is 1. The quantitative estimate of drug-likeness (QED) is 0.883. The second-order valence-electron chi connectivity index (χ2n) is 3.67. The molecule has 1 N–H and O–H groups in total. The van der Waals surface area contributed by atoms with Gasteiger partial charge in [0, 0.05) is 12.1 Å². The second kappa shape index (κ2) is 5.08. The maximum Gasteiger partial charge on any atom is 0.418 e. The zero-order valence-electron chi connectivity index (χ0n) is 9.85. The third-order valence-corrected chi connectivity index (χ3v) is 2.46. The lowest BCUT2D eigenvalue weighted by molar-refractivity contribution is -0.138. The summed E-state index contributed by atoms with van der Waals surface area (Å²) in [4.78, 5) is 11.2. The van der Waals surface area contributed by atoms with Crippen molar-refractivity contribution < 1.29 is 18.0 Å². The first kappa shape index (κ1) is 14.0. The van der Waals surface area contributed by atoms with Crippen molar-refractivity contribution >= 4 is 11.6 Å². The molecule has 0 aliphatic carbocycles. The van der Waals surface area contributed by atoms with E-state index in [-0.39, 0.29) is 23.6 Å². The number of halogens is 3. The summed E-state index contributed by atoms with van der Waals surface area (Å²) in [5.74, 6) is -0.379. The van der Waals surface area contributed by atoms with E-state index < -0.39 is 17.3 Å². The molecule has 0 aliphatic rings. The average Bonchev–Trinajstić information content (AvgIpc) is 2.29. The van der Waals surface area contributed by atoms with E-state index in [1.165, 1.54) is 19.1 Å². The molecule has 0 heterocycles. The van der Waals surface area contributed by atoms with Crippen molar-refractivity contribution in [3.63, 3.8) is 0 Å². The Morgan fingerprint density at radius 1 is 1.44 bits per heavy atom. The number of carbonyl (C=O) groups excluding carboxylic acids is 1. The fraction of sp³-hybridized carbons (Fsp3) is 0.333. The number of nitrogens with zero attached hydrogens (tertiary/aromatic N) is 1. The third-order valence-electron chi connectivity index (χ3n) is 2.46. The highest BCUT2D eigenvalue weighted by molar-refractivity contribution is 5.91. The number of hydrogen-bond acceptors (Lipinski definition) is 2. The molecule has 1 aromatic carbocycles. The lowest BCUT2D eigenvalue weighted by Gasteiger charge is -2.16. The first-order chi connectivity index (χ1) is 8.31. The molecule has 3 nitrogen and oxygen atoms in total. The molecule has 0 aromatic heterocycles. The van der Waals surface area contributed by atoms with Crippen LogP contribution in [0.4, 0.5) is 18.9 Å². The smallest absolute Gasteiger partial charge is 0.326 e. The van der Waals surface area contributed by atoms with Gasteiger partial charge in [0.25, 0.3) is 0 Å². The molecule has 0 bridgehead atoms. The highest BCUT2D eigenvalue weighted by Gasteiger charge is 2.36. The normalized spacial score (nSPS) is 10.9. The van der Waals surface area contributed by atoms with Crippen LogP contribution in [0.2, 0.25) is 0 Å². The van der Waals surface area contributed by atoms with Crippen molar-refractivity contribution in [2.45, 2.75) is 26.4 Å². The van der Waals surface area contributed by atoms with Crippen molar-refractivity contribution in [1.82, 2.24) is 0 Å². The van der Waals surface area contributed by atoms with Gasteiger partial charge in [-0.05, 0) is 24.6 Å². The van der Waals surface area contributed by atoms with E-state index in [9.17, 15) is 18.0 Å². The summed E-state index contributed by atoms with van der Waals surface area (Å²) in [6.45, 7) is 2.83. The number of nitriles is 1. The van der Waals surface area contributed by atoms with Crippen molar-refractivity contribution in [2.75, 3.05) is 5.32 Å². The van der Waals surface area contributed by atoms with E-state index in [0.717, 1.165) is 6.07 Å². The number of carbonyl (C=O) groups is 1. The zero-order chi connectivity index (χ0) is 13.9. The summed E-state index contributed by atoms with van der Waals surface area (Å²) in [5, 5.41) is 11.1. The van der Waals surface area contributed by atoms with Crippen molar-refractivity contribution in [2.24, 2.45) is 0 Å². The number of alkyl halides is 3. The Kier molecular flexibility index (Phi) is 3.96. The highest BCUT2D eigenvalue weighted by Crippen LogP contribution is 2.37. The lowest BCUT2D eigenvalue weighted by Crippen LogP contribution is -2.15. The number of anilines is 1. The van der Waals surface area contributed by atoms with Gasteiger partial charge < -0.3 is 5.32 Å². The van der Waals surface area contributed by atoms with Gasteiger partial charge >= 0.3 is 6.18 Å². The lowest BCUT2D eigenvalue weighted by atomic mass is 10.00. The van der Waals surface area contributed by atoms with Crippen LogP contribution < -0.4 is 5.32 Å². The molecule has 96 valence electrons. The predicted octanol–water partition coefficient (Wildman–Crippen LogP) is 3.23. The molecule has 1 aromatic rings. The Balaban J connectivity index is 3.36. The predicted molar refractivity (Wildman–Crippen MR) is 59.8 cm³/mol. The molecule has 0 spiro atoms. The third kappa shape index (κ3) is 2.80. The minimum absolute atomic E-state index is 0.0770. The molecule has 0 aliphatic heterocycles. The van der Waals surface area contributed by atoms with Gasteiger partial charge in [-0.1, -0.05) is 6.92 Å². The Hall–Kier alpha value is -2.03. The second-order valence-corrected chi connectivity index (χ2v) is 3.67. The molecule has 0 saturated carbocycles. The first-order valence-electron chi connectivity index (χ1n) is 5.22. The summed E-state index contributed by atoms with van der Waals surface area (Å²) in [6, 6.07) is 3.86. The van der Waals surface area contributed by atoms with Crippen LogP contribution in [-0.2, 0) is 11.0 Å². The largest absolute Gasteiger partial charge is 0.418 e. The zero-order valence-corrected chi connectivity index (χ0v) is 9.85. The molecule has 0 saturated heterocycles. The van der Waals surface area contributed by atoms with Crippen LogP contribution in [0, 0.1) is 18.3 Å². The molecular formula is C12H11F3N2O. The standard InChI is InChI=1S/C12H11F3N2O/c1-3-10(18)17-9-5-4-8(6-16)11(7(9)2)12(13,14)15/h4-5H,3H2,1-2H3,(H,17,18). The molecule has 0 atom stereocenters. The van der Waals surface area contributed by atoms with Crippen molar-refractivity contribution in [1.29, 1.82) is 5.26 Å². The van der Waals surface area contributed by atoms with Crippen molar-refractivity contribution in [3.8, 4) is 6.07 Å². The van der Waals surface area contributed by atoms with Crippen LogP contribution in [0.3, 0.4) is 0 Å². The summed E-state index contributed by atoms with van der Waals surface area (Å²) in [7, 11) is 0. The molecule has 1 rings (SSSR count). The summed E-state index contributed by atoms with van der Waals surface area (Å²) >= 11 is 0. The molecule has 1 amide bonds. The van der Waals surface area contributed by atoms with Gasteiger partial charge in [0.05, 0.1) is 17.2 Å². The van der Waals surface area contributed by atoms with Gasteiger partial charge in [0.15, 0.2) is 0 Å². The van der Waals surface area contributed by atoms with E-state index in [4.69, 9.17) is 5.26 Å². The monoisotopic (exact) mass is 256 g/mol. The van der Waals surface area contributed by atoms with Crippen LogP contribution in [0.5, 0.6) is 0 Å². The molecule has 18 heavy (non-hydrogen) atoms. The minimum Gasteiger partial charge on any atom is -0.326 e. The average molecular weight is 256 g/mol. The van der Waals surface area contributed by atoms with Crippen LogP contribution in [0.15, 0.2) is 12.1 Å². The van der Waals surface area contributed by atoms with E-state index in [1.807, 2.05) is 0 Å². The number of rotatable bonds is 2. The van der Waals surface area contributed by atoms with Crippen LogP contribution in [-0.4, -0.2) is 5.91 Å². The van der Waals surface area contributed by atoms with E-state index in [2.05, 4.69) is 5.32 Å². The number of benzene rings is 1. The van der Waals surface area contributed by atoms with Gasteiger partial charge in [-0.15, -0.1) is 0 Å². The van der Waals surface area contributed by atoms with Gasteiger partial charge in [-0.3, -0.25) is 4.79 Å². The number of nitrogens with one attached hydrogen (secondary N) is 1. The molecule has 0 radical (unpaired) electrons. The fourth-order valence-corrected chi connectivity index (χ4v) is 1.54. The van der Waals surface area contributed by atoms with E-state index in [0.29, 0.717) is 0 Å². The molecule has 0 unspecified atom stereocenters. The summed E-state index contributed by atoms with van der Waals surface area (Å²) in [5.41, 5.74) is -1.52. The van der Waals surface area contributed by atoms with Crippen molar-refractivity contribution in [3.05, 3.63) is 28.8 Å². The van der Waals surface area contributed by atoms with Gasteiger partial charge in [-0.25, -0.2) is 0 Å². The Morgan fingerprint density at radius 2 is 2.06 bits per heavy atom. The van der Waals surface area contributed by atoms with Gasteiger partial charge in [0.1, 0.15) is 0 Å². The topological polar surface area (TPSA) is 52.9 Å². The molecule has 0 fully saturated rings. The van der Waals surface area contributed by atoms with Crippen LogP contribution in [0.25, 0.3) is 0 Å². The van der Waals surface area contributed by atoms with Crippen LogP contribution in [0.1, 0.15) is 30.0 Å². The number of hydrogen-bond donors (Lipinski definition) is 1. The Labute approximate surface area is 102 Å². The minimum atomic E-state index is -4.62. The maximum atomic E-state index is 12.8. The Bertz CT molecular complexity index is 515. The summed E-state index contributed by atoms with van der Waals surface area (Å²) < 4.78 is 38.5. The highest BCUT2D eigenvalue weighted by atomic mass is 19.4. The first-order valence-corrected chi connectivity index (χ1v) is 5.22. The van der Waals surface area contributed by atoms with Gasteiger partial charge in [-0.2, -0.15) is 18.4 Å². The Morgan fingerprint density at radius 3 is 2.50 bits per heavy atom. The van der Waals surface area contributed by atoms with E-state index in [1.54, 1.807) is 6.92 Å². The van der Waals surface area contributed by atoms with Gasteiger partial charge in [0.2, 0.25) is 5.91 Å². The SMILES string of the molecule is CCC(=O)Nc1ccc(C#N)c(C(F)(F)F)c1C.